The highest BCUT2D eigenvalue weighted by Gasteiger charge is 2.34. The number of hydrogen-bond donors (Lipinski definition) is 0. The van der Waals surface area contributed by atoms with Gasteiger partial charge in [-0.3, -0.25) is 9.69 Å². The van der Waals surface area contributed by atoms with Crippen molar-refractivity contribution in [1.29, 1.82) is 0 Å². The van der Waals surface area contributed by atoms with Crippen molar-refractivity contribution in [3.63, 3.8) is 0 Å². The van der Waals surface area contributed by atoms with Gasteiger partial charge in [0.15, 0.2) is 5.17 Å². The second-order valence-corrected chi connectivity index (χ2v) is 8.97. The number of thioether (sulfide) groups is 1. The molecule has 0 unspecified atom stereocenters. The Morgan fingerprint density at radius 3 is 2.57 bits per heavy atom. The van der Waals surface area contributed by atoms with Gasteiger partial charge in [-0.05, 0) is 54.1 Å². The van der Waals surface area contributed by atoms with Crippen LogP contribution in [0.2, 0.25) is 0 Å². The van der Waals surface area contributed by atoms with E-state index in [0.29, 0.717) is 30.2 Å². The summed E-state index contributed by atoms with van der Waals surface area (Å²) in [5, 5.41) is 0.133. The van der Waals surface area contributed by atoms with Crippen LogP contribution in [0.25, 0.3) is 6.08 Å². The van der Waals surface area contributed by atoms with Crippen LogP contribution in [-0.2, 0) is 19.6 Å². The summed E-state index contributed by atoms with van der Waals surface area (Å²) in [6, 6.07) is 15.2. The third-order valence-corrected chi connectivity index (χ3v) is 6.65. The molecule has 0 aliphatic carbocycles. The highest BCUT2D eigenvalue weighted by Crippen LogP contribution is 2.34. The Hall–Kier alpha value is -2.62. The lowest BCUT2D eigenvalue weighted by atomic mass is 10.2. The van der Waals surface area contributed by atoms with Gasteiger partial charge >= 0.3 is 0 Å². The topological polar surface area (TPSA) is 85.3 Å². The van der Waals surface area contributed by atoms with Gasteiger partial charge in [-0.25, -0.2) is 0 Å². The van der Waals surface area contributed by atoms with Crippen molar-refractivity contribution in [3.05, 3.63) is 65.1 Å². The third kappa shape index (κ3) is 5.29. The number of carbonyl (C=O) groups excluding carboxylic acids is 1. The van der Waals surface area contributed by atoms with E-state index in [0.717, 1.165) is 17.3 Å². The molecule has 0 saturated carbocycles. The molecule has 0 bridgehead atoms. The second-order valence-electron chi connectivity index (χ2n) is 6.35. The molecule has 2 aromatic rings. The highest BCUT2D eigenvalue weighted by atomic mass is 32.2. The van der Waals surface area contributed by atoms with E-state index in [1.54, 1.807) is 44.6 Å². The van der Waals surface area contributed by atoms with Crippen LogP contribution in [0.4, 0.5) is 0 Å². The number of sulfonamides is 1. The first-order valence-electron chi connectivity index (χ1n) is 9.19. The molecule has 1 amide bonds. The van der Waals surface area contributed by atoms with Crippen LogP contribution < -0.4 is 4.74 Å². The van der Waals surface area contributed by atoms with Crippen LogP contribution in [0.15, 0.2) is 68.8 Å². The number of nitrogens with zero attached hydrogens (tertiary/aromatic N) is 2. The quantitative estimate of drug-likeness (QED) is 0.456. The number of carbonyl (C=O) groups is 1. The van der Waals surface area contributed by atoms with Crippen molar-refractivity contribution in [2.75, 3.05) is 27.4 Å². The minimum Gasteiger partial charge on any atom is -0.497 e. The molecule has 0 aromatic heterocycles. The fourth-order valence-electron chi connectivity index (χ4n) is 2.77. The summed E-state index contributed by atoms with van der Waals surface area (Å²) in [5.41, 5.74) is 0.772. The Morgan fingerprint density at radius 1 is 1.10 bits per heavy atom. The summed E-state index contributed by atoms with van der Waals surface area (Å²) in [6.45, 7) is 0.750. The van der Waals surface area contributed by atoms with Crippen LogP contribution >= 0.6 is 11.8 Å². The van der Waals surface area contributed by atoms with Gasteiger partial charge in [0.25, 0.3) is 15.9 Å². The van der Waals surface area contributed by atoms with Gasteiger partial charge in [-0.1, -0.05) is 30.3 Å². The largest absolute Gasteiger partial charge is 0.497 e. The molecule has 0 atom stereocenters. The van der Waals surface area contributed by atoms with Gasteiger partial charge in [0.2, 0.25) is 0 Å². The van der Waals surface area contributed by atoms with Gasteiger partial charge in [0.05, 0.1) is 16.9 Å². The smallest absolute Gasteiger partial charge is 0.284 e. The van der Waals surface area contributed by atoms with Crippen LogP contribution in [0.3, 0.4) is 0 Å². The van der Waals surface area contributed by atoms with Crippen molar-refractivity contribution in [2.24, 2.45) is 4.40 Å². The molecule has 30 heavy (non-hydrogen) atoms. The second kappa shape index (κ2) is 9.92. The fraction of sp³-hybridized carbons (Fsp3) is 0.238. The van der Waals surface area contributed by atoms with Gasteiger partial charge in [-0.2, -0.15) is 8.42 Å². The third-order valence-electron chi connectivity index (χ3n) is 4.25. The first-order valence-corrected chi connectivity index (χ1v) is 11.4. The zero-order valence-electron chi connectivity index (χ0n) is 16.6. The van der Waals surface area contributed by atoms with Crippen molar-refractivity contribution >= 4 is 38.9 Å². The van der Waals surface area contributed by atoms with E-state index in [1.807, 2.05) is 18.2 Å². The number of ether oxygens (including phenoxy) is 2. The maximum atomic E-state index is 13.0. The highest BCUT2D eigenvalue weighted by molar-refractivity contribution is 8.19. The lowest BCUT2D eigenvalue weighted by Crippen LogP contribution is -2.31. The lowest BCUT2D eigenvalue weighted by Gasteiger charge is -2.15. The summed E-state index contributed by atoms with van der Waals surface area (Å²) in [4.78, 5) is 14.8. The standard InChI is InChI=1S/C21H22N2O5S2/c1-27-13-7-12-23-20(24)19(15-16-8-6-9-17(14-16)28-2)29-21(23)22-30(25,26)18-10-4-3-5-11-18/h3-6,8-11,14-15H,7,12-13H2,1-2H3/b19-15-,22-21?. The molecular formula is C21H22N2O5S2. The van der Waals surface area contributed by atoms with Crippen molar-refractivity contribution in [1.82, 2.24) is 4.90 Å². The maximum Gasteiger partial charge on any atom is 0.284 e. The predicted molar refractivity (Wildman–Crippen MR) is 118 cm³/mol. The molecule has 1 heterocycles. The van der Waals surface area contributed by atoms with E-state index in [1.165, 1.54) is 17.0 Å². The van der Waals surface area contributed by atoms with E-state index < -0.39 is 10.0 Å². The molecule has 1 aliphatic rings. The summed E-state index contributed by atoms with van der Waals surface area (Å²) >= 11 is 1.04. The monoisotopic (exact) mass is 446 g/mol. The van der Waals surface area contributed by atoms with Gasteiger partial charge in [-0.15, -0.1) is 4.40 Å². The number of amidine groups is 1. The molecule has 1 aliphatic heterocycles. The number of amides is 1. The van der Waals surface area contributed by atoms with Crippen molar-refractivity contribution < 1.29 is 22.7 Å². The summed E-state index contributed by atoms with van der Waals surface area (Å²) < 4.78 is 39.7. The lowest BCUT2D eigenvalue weighted by molar-refractivity contribution is -0.122. The zero-order chi connectivity index (χ0) is 21.6. The van der Waals surface area contributed by atoms with Gasteiger partial charge in [0, 0.05) is 20.3 Å². The molecule has 0 spiro atoms. The van der Waals surface area contributed by atoms with Crippen molar-refractivity contribution in [2.45, 2.75) is 11.3 Å². The summed E-state index contributed by atoms with van der Waals surface area (Å²) in [6.07, 6.45) is 2.26. The van der Waals surface area contributed by atoms with E-state index >= 15 is 0 Å². The van der Waals surface area contributed by atoms with E-state index in [9.17, 15) is 13.2 Å². The molecule has 3 rings (SSSR count). The molecule has 0 radical (unpaired) electrons. The normalized spacial score (nSPS) is 17.1. The zero-order valence-corrected chi connectivity index (χ0v) is 18.3. The summed E-state index contributed by atoms with van der Waals surface area (Å²) in [7, 11) is -0.802. The first kappa shape index (κ1) is 22.1. The fourth-order valence-corrected chi connectivity index (χ4v) is 5.00. The first-order chi connectivity index (χ1) is 14.4. The Bertz CT molecular complexity index is 1070. The van der Waals surface area contributed by atoms with Gasteiger partial charge < -0.3 is 9.47 Å². The van der Waals surface area contributed by atoms with E-state index in [2.05, 4.69) is 4.40 Å². The average Bonchev–Trinajstić information content (AvgIpc) is 3.03. The molecular weight excluding hydrogens is 424 g/mol. The van der Waals surface area contributed by atoms with Crippen LogP contribution in [0.5, 0.6) is 5.75 Å². The molecule has 0 N–H and O–H groups in total. The van der Waals surface area contributed by atoms with Crippen LogP contribution in [-0.4, -0.2) is 51.8 Å². The predicted octanol–water partition coefficient (Wildman–Crippen LogP) is 3.39. The van der Waals surface area contributed by atoms with Crippen LogP contribution in [0.1, 0.15) is 12.0 Å². The SMILES string of the molecule is COCCCN1C(=O)/C(=C/c2cccc(OC)c2)SC1=NS(=O)(=O)c1ccccc1. The van der Waals surface area contributed by atoms with Crippen LogP contribution in [0, 0.1) is 0 Å². The Kier molecular flexibility index (Phi) is 7.30. The average molecular weight is 447 g/mol. The molecule has 7 nitrogen and oxygen atoms in total. The molecule has 2 aromatic carbocycles. The number of hydrogen-bond acceptors (Lipinski definition) is 6. The Morgan fingerprint density at radius 2 is 1.87 bits per heavy atom. The minimum atomic E-state index is -3.94. The number of methoxy groups -OCH3 is 2. The van der Waals surface area contributed by atoms with E-state index in [-0.39, 0.29) is 16.0 Å². The maximum absolute atomic E-state index is 13.0. The van der Waals surface area contributed by atoms with E-state index in [4.69, 9.17) is 9.47 Å². The summed E-state index contributed by atoms with van der Waals surface area (Å²) in [5.74, 6) is 0.373. The molecule has 1 fully saturated rings. The van der Waals surface area contributed by atoms with Crippen molar-refractivity contribution in [3.8, 4) is 5.75 Å². The Labute approximate surface area is 180 Å². The minimum absolute atomic E-state index is 0.0765. The number of rotatable bonds is 8. The molecule has 9 heteroatoms. The Balaban J connectivity index is 1.96. The number of benzene rings is 2. The molecule has 158 valence electrons. The van der Waals surface area contributed by atoms with Gasteiger partial charge in [0.1, 0.15) is 5.75 Å². The molecule has 1 saturated heterocycles.